The molecule has 1 unspecified atom stereocenters. The summed E-state index contributed by atoms with van der Waals surface area (Å²) in [6.07, 6.45) is -1.41. The summed E-state index contributed by atoms with van der Waals surface area (Å²) in [7, 11) is 0. The number of halogens is 3. The number of nitrogens with one attached hydrogen (secondary N) is 1. The fourth-order valence-electron chi connectivity index (χ4n) is 1.10. The summed E-state index contributed by atoms with van der Waals surface area (Å²) in [5, 5.41) is 2.81. The molecule has 1 aromatic heterocycles. The Morgan fingerprint density at radius 2 is 2.19 bits per heavy atom. The number of hydrogen-bond acceptors (Lipinski definition) is 4. The normalized spacial score (nSPS) is 13.6. The third-order valence-electron chi connectivity index (χ3n) is 1.74. The average Bonchev–Trinajstić information content (AvgIpc) is 2.17. The van der Waals surface area contributed by atoms with Crippen molar-refractivity contribution in [2.45, 2.75) is 19.1 Å². The van der Waals surface area contributed by atoms with Gasteiger partial charge in [0.1, 0.15) is 5.69 Å². The second kappa shape index (κ2) is 5.38. The number of hydrogen-bond donors (Lipinski definition) is 1. The lowest BCUT2D eigenvalue weighted by molar-refractivity contribution is -0.141. The zero-order chi connectivity index (χ0) is 12.2. The van der Waals surface area contributed by atoms with Crippen LogP contribution >= 0.6 is 11.8 Å². The highest BCUT2D eigenvalue weighted by Gasteiger charge is 2.32. The molecule has 0 saturated heterocycles. The summed E-state index contributed by atoms with van der Waals surface area (Å²) in [6, 6.07) is 0.878. The van der Waals surface area contributed by atoms with Crippen molar-refractivity contribution in [3.63, 3.8) is 0 Å². The molecule has 0 amide bonds. The third kappa shape index (κ3) is 3.88. The maximum Gasteiger partial charge on any atom is 0.433 e. The maximum absolute atomic E-state index is 12.3. The van der Waals surface area contributed by atoms with E-state index in [4.69, 9.17) is 0 Å². The van der Waals surface area contributed by atoms with Gasteiger partial charge in [-0.3, -0.25) is 0 Å². The number of thioether (sulfide) groups is 1. The van der Waals surface area contributed by atoms with Gasteiger partial charge in [0.15, 0.2) is 0 Å². The summed E-state index contributed by atoms with van der Waals surface area (Å²) in [4.78, 5) is 7.15. The molecular formula is C9H12F3N3S. The molecule has 0 aliphatic rings. The molecule has 3 nitrogen and oxygen atoms in total. The number of alkyl halides is 3. The van der Waals surface area contributed by atoms with Gasteiger partial charge in [0.25, 0.3) is 0 Å². The average molecular weight is 251 g/mol. The Labute approximate surface area is 95.9 Å². The van der Waals surface area contributed by atoms with Gasteiger partial charge in [0, 0.05) is 18.0 Å². The van der Waals surface area contributed by atoms with E-state index in [1.807, 2.05) is 13.2 Å². The molecule has 0 spiro atoms. The van der Waals surface area contributed by atoms with Gasteiger partial charge in [-0.1, -0.05) is 0 Å². The van der Waals surface area contributed by atoms with E-state index in [0.29, 0.717) is 0 Å². The number of anilines is 1. The summed E-state index contributed by atoms with van der Waals surface area (Å²) in [5.41, 5.74) is -0.929. The van der Waals surface area contributed by atoms with E-state index in [1.165, 1.54) is 0 Å². The first-order valence-corrected chi connectivity index (χ1v) is 5.98. The fraction of sp³-hybridized carbons (Fsp3) is 0.556. The Morgan fingerprint density at radius 1 is 1.50 bits per heavy atom. The smallest absolute Gasteiger partial charge is 0.351 e. The minimum atomic E-state index is -4.43. The Kier molecular flexibility index (Phi) is 4.40. The van der Waals surface area contributed by atoms with Crippen molar-refractivity contribution in [2.75, 3.05) is 17.3 Å². The van der Waals surface area contributed by atoms with Crippen LogP contribution < -0.4 is 5.32 Å². The van der Waals surface area contributed by atoms with Crippen LogP contribution in [-0.4, -0.2) is 28.0 Å². The van der Waals surface area contributed by atoms with Crippen molar-refractivity contribution < 1.29 is 13.2 Å². The van der Waals surface area contributed by atoms with Gasteiger partial charge >= 0.3 is 6.18 Å². The Hall–Kier alpha value is -0.980. The quantitative estimate of drug-likeness (QED) is 0.892. The van der Waals surface area contributed by atoms with Crippen molar-refractivity contribution in [1.82, 2.24) is 9.97 Å². The SMILES string of the molecule is CSCC(C)Nc1nccc(C(F)(F)F)n1. The molecule has 1 rings (SSSR count). The van der Waals surface area contributed by atoms with Crippen LogP contribution in [0, 0.1) is 0 Å². The van der Waals surface area contributed by atoms with Crippen LogP contribution in [0.4, 0.5) is 19.1 Å². The van der Waals surface area contributed by atoms with Gasteiger partial charge in [0.05, 0.1) is 0 Å². The predicted molar refractivity (Wildman–Crippen MR) is 58.5 cm³/mol. The Morgan fingerprint density at radius 3 is 2.75 bits per heavy atom. The fourth-order valence-corrected chi connectivity index (χ4v) is 1.68. The van der Waals surface area contributed by atoms with Crippen LogP contribution in [0.3, 0.4) is 0 Å². The van der Waals surface area contributed by atoms with Crippen LogP contribution in [0.5, 0.6) is 0 Å². The monoisotopic (exact) mass is 251 g/mol. The van der Waals surface area contributed by atoms with Crippen LogP contribution in [0.1, 0.15) is 12.6 Å². The molecule has 1 aromatic rings. The topological polar surface area (TPSA) is 37.8 Å². The number of rotatable bonds is 4. The first kappa shape index (κ1) is 13.1. The van der Waals surface area contributed by atoms with Crippen molar-refractivity contribution in [3.05, 3.63) is 18.0 Å². The molecule has 7 heteroatoms. The standard InChI is InChI=1S/C9H12F3N3S/c1-6(5-16-2)14-8-13-4-3-7(15-8)9(10,11)12/h3-4,6H,5H2,1-2H3,(H,13,14,15). The second-order valence-corrected chi connectivity index (χ2v) is 4.17. The van der Waals surface area contributed by atoms with Crippen molar-refractivity contribution >= 4 is 17.7 Å². The number of aromatic nitrogens is 2. The van der Waals surface area contributed by atoms with Crippen LogP contribution in [0.15, 0.2) is 12.3 Å². The molecule has 1 heterocycles. The molecule has 0 aliphatic heterocycles. The van der Waals surface area contributed by atoms with E-state index >= 15 is 0 Å². The molecule has 0 radical (unpaired) electrons. The summed E-state index contributed by atoms with van der Waals surface area (Å²) >= 11 is 1.60. The highest BCUT2D eigenvalue weighted by atomic mass is 32.2. The molecule has 1 N–H and O–H groups in total. The lowest BCUT2D eigenvalue weighted by atomic mass is 10.4. The van der Waals surface area contributed by atoms with Gasteiger partial charge < -0.3 is 5.32 Å². The zero-order valence-electron chi connectivity index (χ0n) is 8.88. The zero-order valence-corrected chi connectivity index (χ0v) is 9.69. The lowest BCUT2D eigenvalue weighted by Gasteiger charge is -2.13. The van der Waals surface area contributed by atoms with Crippen LogP contribution in [0.2, 0.25) is 0 Å². The third-order valence-corrected chi connectivity index (χ3v) is 2.57. The van der Waals surface area contributed by atoms with E-state index in [9.17, 15) is 13.2 Å². The van der Waals surface area contributed by atoms with E-state index in [-0.39, 0.29) is 12.0 Å². The van der Waals surface area contributed by atoms with E-state index in [1.54, 1.807) is 11.8 Å². The largest absolute Gasteiger partial charge is 0.433 e. The molecule has 90 valence electrons. The first-order valence-electron chi connectivity index (χ1n) is 4.59. The van der Waals surface area contributed by atoms with Crippen LogP contribution in [-0.2, 0) is 6.18 Å². The van der Waals surface area contributed by atoms with Crippen molar-refractivity contribution in [3.8, 4) is 0 Å². The summed E-state index contributed by atoms with van der Waals surface area (Å²) in [6.45, 7) is 1.86. The minimum absolute atomic E-state index is 0.0105. The molecule has 1 atom stereocenters. The maximum atomic E-state index is 12.3. The van der Waals surface area contributed by atoms with Gasteiger partial charge in [0.2, 0.25) is 5.95 Å². The number of nitrogens with zero attached hydrogens (tertiary/aromatic N) is 2. The minimum Gasteiger partial charge on any atom is -0.351 e. The van der Waals surface area contributed by atoms with Gasteiger partial charge in [-0.15, -0.1) is 0 Å². The Balaban J connectivity index is 2.75. The van der Waals surface area contributed by atoms with E-state index in [0.717, 1.165) is 18.0 Å². The van der Waals surface area contributed by atoms with E-state index < -0.39 is 11.9 Å². The molecule has 0 fully saturated rings. The molecule has 0 saturated carbocycles. The molecule has 16 heavy (non-hydrogen) atoms. The van der Waals surface area contributed by atoms with Crippen molar-refractivity contribution in [2.24, 2.45) is 0 Å². The van der Waals surface area contributed by atoms with Gasteiger partial charge in [-0.25, -0.2) is 9.97 Å². The second-order valence-electron chi connectivity index (χ2n) is 3.26. The van der Waals surface area contributed by atoms with Gasteiger partial charge in [-0.05, 0) is 19.2 Å². The van der Waals surface area contributed by atoms with Gasteiger partial charge in [-0.2, -0.15) is 24.9 Å². The molecular weight excluding hydrogens is 239 g/mol. The summed E-state index contributed by atoms with van der Waals surface area (Å²) in [5.74, 6) is 0.788. The lowest BCUT2D eigenvalue weighted by Crippen LogP contribution is -2.20. The predicted octanol–water partition coefficient (Wildman–Crippen LogP) is 2.66. The summed E-state index contributed by atoms with van der Waals surface area (Å²) < 4.78 is 37.0. The first-order chi connectivity index (χ1) is 7.43. The molecule has 0 aromatic carbocycles. The highest BCUT2D eigenvalue weighted by molar-refractivity contribution is 7.98. The van der Waals surface area contributed by atoms with E-state index in [2.05, 4.69) is 15.3 Å². The highest BCUT2D eigenvalue weighted by Crippen LogP contribution is 2.27. The Bertz CT molecular complexity index is 343. The van der Waals surface area contributed by atoms with Crippen LogP contribution in [0.25, 0.3) is 0 Å². The molecule has 0 bridgehead atoms. The molecule has 0 aliphatic carbocycles. The van der Waals surface area contributed by atoms with Crippen molar-refractivity contribution in [1.29, 1.82) is 0 Å².